The molecule has 1 unspecified atom stereocenters. The molecule has 2 N–H and O–H groups in total. The molecule has 0 aliphatic heterocycles. The first kappa shape index (κ1) is 11.3. The second-order valence-electron chi connectivity index (χ2n) is 4.15. The molecule has 0 bridgehead atoms. The normalized spacial score (nSPS) is 13.1. The minimum atomic E-state index is -0.0755. The van der Waals surface area contributed by atoms with Crippen LogP contribution >= 0.6 is 11.3 Å². The molecule has 18 heavy (non-hydrogen) atoms. The van der Waals surface area contributed by atoms with Crippen molar-refractivity contribution in [1.29, 1.82) is 0 Å². The summed E-state index contributed by atoms with van der Waals surface area (Å²) in [6.07, 6.45) is 0. The third-order valence-corrected chi connectivity index (χ3v) is 3.57. The van der Waals surface area contributed by atoms with Crippen LogP contribution in [0.5, 0.6) is 0 Å². The molecular formula is C12H12N4OS. The number of nitrogens with two attached hydrogens (primary N) is 1. The second-order valence-corrected chi connectivity index (χ2v) is 5.04. The Labute approximate surface area is 108 Å². The van der Waals surface area contributed by atoms with Crippen molar-refractivity contribution in [2.75, 3.05) is 0 Å². The molecule has 0 aromatic carbocycles. The van der Waals surface area contributed by atoms with E-state index in [4.69, 9.17) is 10.2 Å². The van der Waals surface area contributed by atoms with E-state index in [1.54, 1.807) is 0 Å². The SMILES string of the molecule is Cc1ccc2oc(-c3csc(C(C)N)n3)nc2n1. The fourth-order valence-corrected chi connectivity index (χ4v) is 2.37. The van der Waals surface area contributed by atoms with Crippen molar-refractivity contribution in [1.82, 2.24) is 15.0 Å². The topological polar surface area (TPSA) is 77.8 Å². The van der Waals surface area contributed by atoms with Gasteiger partial charge in [0.1, 0.15) is 10.7 Å². The first-order valence-electron chi connectivity index (χ1n) is 5.59. The summed E-state index contributed by atoms with van der Waals surface area (Å²) in [6, 6.07) is 3.69. The Kier molecular flexibility index (Phi) is 2.61. The summed E-state index contributed by atoms with van der Waals surface area (Å²) in [6.45, 7) is 3.82. The van der Waals surface area contributed by atoms with Gasteiger partial charge < -0.3 is 10.2 Å². The summed E-state index contributed by atoms with van der Waals surface area (Å²) in [5.74, 6) is 0.492. The largest absolute Gasteiger partial charge is 0.433 e. The Morgan fingerprint density at radius 2 is 2.11 bits per heavy atom. The van der Waals surface area contributed by atoms with E-state index in [0.29, 0.717) is 22.8 Å². The molecule has 0 aliphatic rings. The van der Waals surface area contributed by atoms with Gasteiger partial charge in [0, 0.05) is 11.1 Å². The fourth-order valence-electron chi connectivity index (χ4n) is 1.62. The minimum absolute atomic E-state index is 0.0755. The average molecular weight is 260 g/mol. The highest BCUT2D eigenvalue weighted by molar-refractivity contribution is 7.10. The standard InChI is InChI=1S/C12H12N4OS/c1-6-3-4-9-10(14-6)16-11(17-9)8-5-18-12(15-8)7(2)13/h3-5,7H,13H2,1-2H3. The highest BCUT2D eigenvalue weighted by atomic mass is 32.1. The zero-order valence-electron chi connectivity index (χ0n) is 10.0. The van der Waals surface area contributed by atoms with Gasteiger partial charge in [0.2, 0.25) is 5.89 Å². The zero-order valence-corrected chi connectivity index (χ0v) is 10.9. The number of nitrogens with zero attached hydrogens (tertiary/aromatic N) is 3. The van der Waals surface area contributed by atoms with Crippen LogP contribution in [-0.4, -0.2) is 15.0 Å². The van der Waals surface area contributed by atoms with Crippen molar-refractivity contribution in [2.45, 2.75) is 19.9 Å². The summed E-state index contributed by atoms with van der Waals surface area (Å²) >= 11 is 1.51. The van der Waals surface area contributed by atoms with Gasteiger partial charge in [-0.05, 0) is 26.0 Å². The molecule has 92 valence electrons. The molecule has 5 nitrogen and oxygen atoms in total. The van der Waals surface area contributed by atoms with E-state index in [1.165, 1.54) is 11.3 Å². The van der Waals surface area contributed by atoms with Crippen LogP contribution in [0.2, 0.25) is 0 Å². The molecule has 0 fully saturated rings. The Bertz CT molecular complexity index is 701. The number of thiazole rings is 1. The van der Waals surface area contributed by atoms with E-state index in [0.717, 1.165) is 10.7 Å². The van der Waals surface area contributed by atoms with Gasteiger partial charge in [-0.15, -0.1) is 11.3 Å². The second kappa shape index (κ2) is 4.15. The Hall–Kier alpha value is -1.79. The van der Waals surface area contributed by atoms with E-state index in [2.05, 4.69) is 15.0 Å². The Morgan fingerprint density at radius 1 is 1.28 bits per heavy atom. The van der Waals surface area contributed by atoms with Crippen LogP contribution < -0.4 is 5.73 Å². The first-order valence-corrected chi connectivity index (χ1v) is 6.47. The summed E-state index contributed by atoms with van der Waals surface area (Å²) in [5, 5.41) is 2.77. The molecule has 3 aromatic heterocycles. The van der Waals surface area contributed by atoms with Gasteiger partial charge in [-0.25, -0.2) is 9.97 Å². The zero-order chi connectivity index (χ0) is 12.7. The lowest BCUT2D eigenvalue weighted by Gasteiger charge is -1.95. The number of hydrogen-bond donors (Lipinski definition) is 1. The molecule has 0 saturated carbocycles. The maximum atomic E-state index is 5.78. The van der Waals surface area contributed by atoms with E-state index < -0.39 is 0 Å². The van der Waals surface area contributed by atoms with Gasteiger partial charge in [0.25, 0.3) is 0 Å². The number of rotatable bonds is 2. The lowest BCUT2D eigenvalue weighted by atomic mass is 10.4. The van der Waals surface area contributed by atoms with Crippen LogP contribution in [0.15, 0.2) is 21.9 Å². The third kappa shape index (κ3) is 1.89. The lowest BCUT2D eigenvalue weighted by molar-refractivity contribution is 0.616. The van der Waals surface area contributed by atoms with Crippen molar-refractivity contribution in [3.63, 3.8) is 0 Å². The molecule has 6 heteroatoms. The van der Waals surface area contributed by atoms with Gasteiger partial charge in [-0.2, -0.15) is 4.98 Å². The van der Waals surface area contributed by atoms with Crippen LogP contribution in [0.1, 0.15) is 23.7 Å². The highest BCUT2D eigenvalue weighted by Crippen LogP contribution is 2.26. The highest BCUT2D eigenvalue weighted by Gasteiger charge is 2.14. The summed E-state index contributed by atoms with van der Waals surface area (Å²) in [4.78, 5) is 13.1. The number of fused-ring (bicyclic) bond motifs is 1. The van der Waals surface area contributed by atoms with Crippen molar-refractivity contribution >= 4 is 22.6 Å². The molecule has 3 aromatic rings. The molecule has 0 saturated heterocycles. The lowest BCUT2D eigenvalue weighted by Crippen LogP contribution is -2.03. The van der Waals surface area contributed by atoms with Crippen molar-refractivity contribution < 1.29 is 4.42 Å². The van der Waals surface area contributed by atoms with E-state index in [-0.39, 0.29) is 6.04 Å². The van der Waals surface area contributed by atoms with Crippen LogP contribution in [0.25, 0.3) is 22.8 Å². The minimum Gasteiger partial charge on any atom is -0.433 e. The molecule has 0 spiro atoms. The smallest absolute Gasteiger partial charge is 0.248 e. The van der Waals surface area contributed by atoms with Gasteiger partial charge in [-0.3, -0.25) is 0 Å². The summed E-state index contributed by atoms with van der Waals surface area (Å²) < 4.78 is 5.63. The van der Waals surface area contributed by atoms with Crippen molar-refractivity contribution in [3.05, 3.63) is 28.2 Å². The van der Waals surface area contributed by atoms with Crippen LogP contribution in [0.4, 0.5) is 0 Å². The number of hydrogen-bond acceptors (Lipinski definition) is 6. The van der Waals surface area contributed by atoms with Crippen molar-refractivity contribution in [2.24, 2.45) is 5.73 Å². The quantitative estimate of drug-likeness (QED) is 0.766. The number of aromatic nitrogens is 3. The maximum Gasteiger partial charge on any atom is 0.248 e. The van der Waals surface area contributed by atoms with E-state index >= 15 is 0 Å². The van der Waals surface area contributed by atoms with Gasteiger partial charge in [0.05, 0.1) is 6.04 Å². The molecular weight excluding hydrogens is 248 g/mol. The summed E-state index contributed by atoms with van der Waals surface area (Å²) in [5.41, 5.74) is 8.69. The van der Waals surface area contributed by atoms with Crippen LogP contribution in [-0.2, 0) is 0 Å². The predicted molar refractivity (Wildman–Crippen MR) is 70.3 cm³/mol. The molecule has 0 aliphatic carbocycles. The molecule has 3 heterocycles. The molecule has 1 atom stereocenters. The predicted octanol–water partition coefficient (Wildman–Crippen LogP) is 2.67. The average Bonchev–Trinajstić information content (AvgIpc) is 2.93. The van der Waals surface area contributed by atoms with Crippen LogP contribution in [0.3, 0.4) is 0 Å². The van der Waals surface area contributed by atoms with Gasteiger partial charge >= 0.3 is 0 Å². The van der Waals surface area contributed by atoms with E-state index in [9.17, 15) is 0 Å². The van der Waals surface area contributed by atoms with E-state index in [1.807, 2.05) is 31.4 Å². The van der Waals surface area contributed by atoms with Gasteiger partial charge in [0.15, 0.2) is 11.2 Å². The Balaban J connectivity index is 2.07. The van der Waals surface area contributed by atoms with Crippen LogP contribution in [0, 0.1) is 6.92 Å². The molecule has 0 amide bonds. The Morgan fingerprint density at radius 3 is 2.83 bits per heavy atom. The molecule has 0 radical (unpaired) electrons. The first-order chi connectivity index (χ1) is 8.63. The fraction of sp³-hybridized carbons (Fsp3) is 0.250. The molecule has 3 rings (SSSR count). The number of oxazole rings is 1. The summed E-state index contributed by atoms with van der Waals surface area (Å²) in [7, 11) is 0. The van der Waals surface area contributed by atoms with Gasteiger partial charge in [-0.1, -0.05) is 0 Å². The maximum absolute atomic E-state index is 5.78. The number of pyridine rings is 1. The van der Waals surface area contributed by atoms with Crippen molar-refractivity contribution in [3.8, 4) is 11.6 Å². The monoisotopic (exact) mass is 260 g/mol. The third-order valence-electron chi connectivity index (χ3n) is 2.52. The number of aryl methyl sites for hydroxylation is 1.